The molecule has 120 valence electrons. The van der Waals surface area contributed by atoms with Crippen LogP contribution in [0.2, 0.25) is 0 Å². The lowest BCUT2D eigenvalue weighted by Gasteiger charge is -2.36. The van der Waals surface area contributed by atoms with Crippen LogP contribution in [-0.2, 0) is 12.3 Å². The van der Waals surface area contributed by atoms with Gasteiger partial charge in [0.1, 0.15) is 11.5 Å². The molecule has 21 heavy (non-hydrogen) atoms. The van der Waals surface area contributed by atoms with E-state index >= 15 is 0 Å². The van der Waals surface area contributed by atoms with Crippen molar-refractivity contribution < 1.29 is 13.2 Å². The van der Waals surface area contributed by atoms with Crippen LogP contribution in [0.4, 0.5) is 8.78 Å². The van der Waals surface area contributed by atoms with Gasteiger partial charge < -0.3 is 14.6 Å². The molecule has 0 aromatic carbocycles. The Morgan fingerprint density at radius 3 is 2.57 bits per heavy atom. The van der Waals surface area contributed by atoms with E-state index in [1.165, 1.54) is 25.7 Å². The number of nitrogens with one attached hydrogen (secondary N) is 1. The third-order valence-corrected chi connectivity index (χ3v) is 5.01. The van der Waals surface area contributed by atoms with Gasteiger partial charge in [0.15, 0.2) is 0 Å². The van der Waals surface area contributed by atoms with E-state index in [9.17, 15) is 8.78 Å². The van der Waals surface area contributed by atoms with E-state index in [-0.39, 0.29) is 11.3 Å². The summed E-state index contributed by atoms with van der Waals surface area (Å²) in [5.74, 6) is -0.703. The van der Waals surface area contributed by atoms with E-state index in [0.717, 1.165) is 12.3 Å². The van der Waals surface area contributed by atoms with Crippen molar-refractivity contribution in [1.29, 1.82) is 0 Å². The highest BCUT2D eigenvalue weighted by atomic mass is 32.2. The molecule has 1 aromatic rings. The van der Waals surface area contributed by atoms with Crippen LogP contribution in [0.5, 0.6) is 0 Å². The summed E-state index contributed by atoms with van der Waals surface area (Å²) in [6.45, 7) is 1.58. The Hall–Kier alpha value is -0.590. The first-order valence-corrected chi connectivity index (χ1v) is 8.42. The summed E-state index contributed by atoms with van der Waals surface area (Å²) in [7, 11) is 4.28. The first kappa shape index (κ1) is 16.8. The van der Waals surface area contributed by atoms with Crippen molar-refractivity contribution in [3.05, 3.63) is 23.7 Å². The molecule has 1 fully saturated rings. The standard InChI is InChI=1S/C15H24F2N2OS/c1-19(2)15(7-3-4-8-15)11-18-9-12-5-6-13(20-12)10-21-14(16)17/h5-6,14,18H,3-4,7-11H2,1-2H3. The highest BCUT2D eigenvalue weighted by Crippen LogP contribution is 2.33. The van der Waals surface area contributed by atoms with Crippen LogP contribution in [-0.4, -0.2) is 36.8 Å². The molecule has 0 saturated heterocycles. The van der Waals surface area contributed by atoms with Crippen LogP contribution in [0.1, 0.15) is 37.2 Å². The van der Waals surface area contributed by atoms with Crippen molar-refractivity contribution in [3.63, 3.8) is 0 Å². The van der Waals surface area contributed by atoms with E-state index < -0.39 is 5.76 Å². The van der Waals surface area contributed by atoms with E-state index in [2.05, 4.69) is 24.3 Å². The van der Waals surface area contributed by atoms with Gasteiger partial charge >= 0.3 is 0 Å². The lowest BCUT2D eigenvalue weighted by Crippen LogP contribution is -2.49. The van der Waals surface area contributed by atoms with Crippen LogP contribution in [0.3, 0.4) is 0 Å². The molecule has 0 unspecified atom stereocenters. The topological polar surface area (TPSA) is 28.4 Å². The number of halogens is 2. The average molecular weight is 318 g/mol. The molecule has 0 bridgehead atoms. The van der Waals surface area contributed by atoms with Crippen molar-refractivity contribution in [1.82, 2.24) is 10.2 Å². The molecule has 0 radical (unpaired) electrons. The van der Waals surface area contributed by atoms with Crippen LogP contribution < -0.4 is 5.32 Å². The van der Waals surface area contributed by atoms with Gasteiger partial charge in [-0.15, -0.1) is 0 Å². The number of hydrogen-bond donors (Lipinski definition) is 1. The molecule has 1 N–H and O–H groups in total. The third-order valence-electron chi connectivity index (χ3n) is 4.31. The maximum atomic E-state index is 12.1. The van der Waals surface area contributed by atoms with Gasteiger partial charge in [-0.1, -0.05) is 24.6 Å². The minimum absolute atomic E-state index is 0.222. The first-order valence-electron chi connectivity index (χ1n) is 7.37. The van der Waals surface area contributed by atoms with Crippen molar-refractivity contribution in [2.24, 2.45) is 0 Å². The minimum Gasteiger partial charge on any atom is -0.464 e. The Balaban J connectivity index is 1.78. The highest BCUT2D eigenvalue weighted by Gasteiger charge is 2.35. The molecule has 3 nitrogen and oxygen atoms in total. The molecular formula is C15H24F2N2OS. The monoisotopic (exact) mass is 318 g/mol. The van der Waals surface area contributed by atoms with Gasteiger partial charge in [-0.05, 0) is 39.1 Å². The summed E-state index contributed by atoms with van der Waals surface area (Å²) < 4.78 is 29.8. The Morgan fingerprint density at radius 2 is 1.95 bits per heavy atom. The summed E-state index contributed by atoms with van der Waals surface area (Å²) in [6.07, 6.45) is 5.02. The number of furan rings is 1. The fraction of sp³-hybridized carbons (Fsp3) is 0.733. The van der Waals surface area contributed by atoms with Crippen LogP contribution in [0.25, 0.3) is 0 Å². The summed E-state index contributed by atoms with van der Waals surface area (Å²) in [5, 5.41) is 3.45. The van der Waals surface area contributed by atoms with Crippen molar-refractivity contribution in [3.8, 4) is 0 Å². The molecule has 0 aliphatic heterocycles. The van der Waals surface area contributed by atoms with Gasteiger partial charge in [0.25, 0.3) is 5.76 Å². The fourth-order valence-electron chi connectivity index (χ4n) is 2.97. The predicted octanol–water partition coefficient (Wildman–Crippen LogP) is 3.70. The molecule has 1 aliphatic rings. The van der Waals surface area contributed by atoms with Crippen LogP contribution in [0.15, 0.2) is 16.5 Å². The molecule has 1 heterocycles. The number of nitrogens with zero attached hydrogens (tertiary/aromatic N) is 1. The summed E-state index contributed by atoms with van der Waals surface area (Å²) in [4.78, 5) is 2.32. The Labute approximate surface area is 129 Å². The van der Waals surface area contributed by atoms with Gasteiger partial charge in [-0.25, -0.2) is 0 Å². The van der Waals surface area contributed by atoms with Gasteiger partial charge in [0.05, 0.1) is 12.3 Å². The van der Waals surface area contributed by atoms with Gasteiger partial charge in [0.2, 0.25) is 0 Å². The maximum absolute atomic E-state index is 12.1. The quantitative estimate of drug-likeness (QED) is 0.791. The predicted molar refractivity (Wildman–Crippen MR) is 82.6 cm³/mol. The van der Waals surface area contributed by atoms with E-state index in [1.54, 1.807) is 6.07 Å². The van der Waals surface area contributed by atoms with Crippen LogP contribution >= 0.6 is 11.8 Å². The molecular weight excluding hydrogens is 294 g/mol. The summed E-state index contributed by atoms with van der Waals surface area (Å²) in [6, 6.07) is 3.65. The largest absolute Gasteiger partial charge is 0.464 e. The second-order valence-corrected chi connectivity index (χ2v) is 6.85. The van der Waals surface area contributed by atoms with Crippen molar-refractivity contribution >= 4 is 11.8 Å². The second-order valence-electron chi connectivity index (χ2n) is 5.87. The number of likely N-dealkylation sites (N-methyl/N-ethyl adjacent to an activating group) is 1. The van der Waals surface area contributed by atoms with E-state index in [4.69, 9.17) is 4.42 Å². The maximum Gasteiger partial charge on any atom is 0.284 e. The lowest BCUT2D eigenvalue weighted by molar-refractivity contribution is 0.152. The zero-order valence-corrected chi connectivity index (χ0v) is 13.5. The highest BCUT2D eigenvalue weighted by molar-refractivity contribution is 7.98. The first-order chi connectivity index (χ1) is 10.0. The molecule has 0 spiro atoms. The number of rotatable bonds is 8. The number of alkyl halides is 2. The smallest absolute Gasteiger partial charge is 0.284 e. The SMILES string of the molecule is CN(C)C1(CNCc2ccc(CSC(F)F)o2)CCCC1. The van der Waals surface area contributed by atoms with E-state index in [1.807, 2.05) is 6.07 Å². The zero-order valence-electron chi connectivity index (χ0n) is 12.7. The molecule has 1 saturated carbocycles. The molecule has 1 aliphatic carbocycles. The van der Waals surface area contributed by atoms with Crippen LogP contribution in [0, 0.1) is 0 Å². The number of thioether (sulfide) groups is 1. The van der Waals surface area contributed by atoms with Gasteiger partial charge in [0, 0.05) is 12.1 Å². The van der Waals surface area contributed by atoms with Crippen molar-refractivity contribution in [2.75, 3.05) is 20.6 Å². The average Bonchev–Trinajstić information content (AvgIpc) is 3.06. The van der Waals surface area contributed by atoms with Gasteiger partial charge in [-0.3, -0.25) is 0 Å². The minimum atomic E-state index is -2.35. The molecule has 0 amide bonds. The van der Waals surface area contributed by atoms with Crippen molar-refractivity contribution in [2.45, 2.75) is 49.3 Å². The molecule has 0 atom stereocenters. The Bertz CT molecular complexity index is 431. The normalized spacial score (nSPS) is 18.0. The third kappa shape index (κ3) is 4.69. The zero-order chi connectivity index (χ0) is 15.3. The van der Waals surface area contributed by atoms with Gasteiger partial charge in [-0.2, -0.15) is 8.78 Å². The van der Waals surface area contributed by atoms with E-state index in [0.29, 0.717) is 24.1 Å². The fourth-order valence-corrected chi connectivity index (χ4v) is 3.42. The Kier molecular flexibility index (Phi) is 6.08. The summed E-state index contributed by atoms with van der Waals surface area (Å²) in [5.41, 5.74) is 0.251. The lowest BCUT2D eigenvalue weighted by atomic mass is 9.96. The second kappa shape index (κ2) is 7.61. The number of hydrogen-bond acceptors (Lipinski definition) is 4. The Morgan fingerprint density at radius 1 is 1.29 bits per heavy atom. The molecule has 2 rings (SSSR count). The molecule has 1 aromatic heterocycles. The molecule has 6 heteroatoms. The summed E-state index contributed by atoms with van der Waals surface area (Å²) >= 11 is 0.591.